The van der Waals surface area contributed by atoms with E-state index in [4.69, 9.17) is 0 Å². The number of rotatable bonds is 7. The molecule has 6 heteroatoms. The van der Waals surface area contributed by atoms with Gasteiger partial charge in [-0.1, -0.05) is 32.9 Å². The lowest BCUT2D eigenvalue weighted by atomic mass is 10.1. The van der Waals surface area contributed by atoms with Crippen molar-refractivity contribution in [1.29, 1.82) is 0 Å². The third-order valence-corrected chi connectivity index (χ3v) is 2.81. The molecule has 0 aliphatic rings. The molecule has 0 aromatic carbocycles. The molecule has 0 bridgehead atoms. The Hall–Kier alpha value is -1.43. The number of aliphatic hydroxyl groups excluding tert-OH is 1. The van der Waals surface area contributed by atoms with Gasteiger partial charge in [-0.15, -0.1) is 5.10 Å². The molecule has 0 radical (unpaired) electrons. The van der Waals surface area contributed by atoms with E-state index < -0.39 is 6.10 Å². The van der Waals surface area contributed by atoms with Gasteiger partial charge < -0.3 is 10.0 Å². The van der Waals surface area contributed by atoms with Crippen molar-refractivity contribution in [2.24, 2.45) is 11.8 Å². The predicted molar refractivity (Wildman–Crippen MR) is 76.9 cm³/mol. The average molecular weight is 282 g/mol. The summed E-state index contributed by atoms with van der Waals surface area (Å²) in [4.78, 5) is 14.2. The van der Waals surface area contributed by atoms with E-state index in [2.05, 4.69) is 38.0 Å². The van der Waals surface area contributed by atoms with Gasteiger partial charge in [-0.25, -0.2) is 4.68 Å². The summed E-state index contributed by atoms with van der Waals surface area (Å²) in [5.74, 6) is 0.900. The molecule has 1 amide bonds. The molecule has 20 heavy (non-hydrogen) atoms. The molecular weight excluding hydrogens is 256 g/mol. The number of aromatic nitrogens is 3. The lowest BCUT2D eigenvalue weighted by molar-refractivity contribution is -0.133. The maximum Gasteiger partial charge on any atom is 0.244 e. The molecule has 0 aliphatic heterocycles. The smallest absolute Gasteiger partial charge is 0.244 e. The Morgan fingerprint density at radius 2 is 1.80 bits per heavy atom. The fourth-order valence-electron chi connectivity index (χ4n) is 1.98. The molecule has 1 N–H and O–H groups in total. The van der Waals surface area contributed by atoms with Crippen molar-refractivity contribution in [3.05, 3.63) is 11.9 Å². The third kappa shape index (κ3) is 5.28. The van der Waals surface area contributed by atoms with E-state index in [1.165, 1.54) is 4.68 Å². The molecule has 114 valence electrons. The van der Waals surface area contributed by atoms with Gasteiger partial charge in [0.05, 0.1) is 12.3 Å². The van der Waals surface area contributed by atoms with Crippen LogP contribution in [0.15, 0.2) is 6.20 Å². The van der Waals surface area contributed by atoms with E-state index in [1.54, 1.807) is 13.1 Å². The van der Waals surface area contributed by atoms with E-state index in [1.807, 2.05) is 4.90 Å². The average Bonchev–Trinajstić information content (AvgIpc) is 2.75. The van der Waals surface area contributed by atoms with Crippen LogP contribution in [0, 0.1) is 11.8 Å². The second-order valence-corrected chi connectivity index (χ2v) is 6.10. The fourth-order valence-corrected chi connectivity index (χ4v) is 1.98. The van der Waals surface area contributed by atoms with Gasteiger partial charge in [0.25, 0.3) is 0 Å². The third-order valence-electron chi connectivity index (χ3n) is 2.81. The first kappa shape index (κ1) is 16.6. The SMILES string of the molecule is CC(C)CN(CC(C)C)C(=O)Cn1cc(C(C)O)nn1. The zero-order chi connectivity index (χ0) is 15.3. The fraction of sp³-hybridized carbons (Fsp3) is 0.786. The van der Waals surface area contributed by atoms with Crippen LogP contribution in [0.2, 0.25) is 0 Å². The molecule has 1 atom stereocenters. The lowest BCUT2D eigenvalue weighted by Gasteiger charge is -2.26. The van der Waals surface area contributed by atoms with Crippen LogP contribution in [0.3, 0.4) is 0 Å². The quantitative estimate of drug-likeness (QED) is 0.822. The van der Waals surface area contributed by atoms with E-state index in [9.17, 15) is 9.90 Å². The van der Waals surface area contributed by atoms with Crippen LogP contribution in [0.1, 0.15) is 46.4 Å². The van der Waals surface area contributed by atoms with Crippen molar-refractivity contribution >= 4 is 5.91 Å². The molecule has 0 spiro atoms. The largest absolute Gasteiger partial charge is 0.387 e. The summed E-state index contributed by atoms with van der Waals surface area (Å²) in [6.45, 7) is 11.7. The van der Waals surface area contributed by atoms with Crippen LogP contribution >= 0.6 is 0 Å². The standard InChI is InChI=1S/C14H26N4O2/c1-10(2)6-17(7-11(3)4)14(20)9-18-8-13(12(5)19)15-16-18/h8,10-12,19H,6-7,9H2,1-5H3. The highest BCUT2D eigenvalue weighted by Gasteiger charge is 2.17. The number of hydrogen-bond acceptors (Lipinski definition) is 4. The van der Waals surface area contributed by atoms with Crippen LogP contribution in [0.4, 0.5) is 0 Å². The first-order valence-electron chi connectivity index (χ1n) is 7.15. The van der Waals surface area contributed by atoms with Crippen molar-refractivity contribution in [3.63, 3.8) is 0 Å². The molecule has 1 rings (SSSR count). The number of carbonyl (C=O) groups is 1. The summed E-state index contributed by atoms with van der Waals surface area (Å²) in [7, 11) is 0. The maximum atomic E-state index is 12.3. The summed E-state index contributed by atoms with van der Waals surface area (Å²) < 4.78 is 1.48. The first-order valence-corrected chi connectivity index (χ1v) is 7.15. The van der Waals surface area contributed by atoms with Gasteiger partial charge in [0, 0.05) is 13.1 Å². The Balaban J connectivity index is 2.68. The summed E-state index contributed by atoms with van der Waals surface area (Å²) in [5.41, 5.74) is 0.483. The van der Waals surface area contributed by atoms with E-state index in [0.29, 0.717) is 17.5 Å². The zero-order valence-corrected chi connectivity index (χ0v) is 13.1. The van der Waals surface area contributed by atoms with Crippen LogP contribution < -0.4 is 0 Å². The molecule has 0 fully saturated rings. The van der Waals surface area contributed by atoms with Gasteiger partial charge in [0.1, 0.15) is 12.2 Å². The summed E-state index contributed by atoms with van der Waals surface area (Å²) in [6.07, 6.45) is 0.951. The molecule has 0 aliphatic carbocycles. The van der Waals surface area contributed by atoms with Crippen molar-refractivity contribution in [3.8, 4) is 0 Å². The second-order valence-electron chi connectivity index (χ2n) is 6.10. The normalized spacial score (nSPS) is 13.0. The highest BCUT2D eigenvalue weighted by Crippen LogP contribution is 2.08. The summed E-state index contributed by atoms with van der Waals surface area (Å²) in [6, 6.07) is 0. The molecule has 1 heterocycles. The molecule has 0 saturated heterocycles. The monoisotopic (exact) mass is 282 g/mol. The molecular formula is C14H26N4O2. The minimum absolute atomic E-state index is 0.0365. The van der Waals surface area contributed by atoms with Crippen LogP contribution in [0.25, 0.3) is 0 Å². The first-order chi connectivity index (χ1) is 9.29. The Morgan fingerprint density at radius 3 is 2.20 bits per heavy atom. The zero-order valence-electron chi connectivity index (χ0n) is 13.1. The molecule has 0 saturated carbocycles. The second kappa shape index (κ2) is 7.38. The molecule has 6 nitrogen and oxygen atoms in total. The Bertz CT molecular complexity index is 417. The summed E-state index contributed by atoms with van der Waals surface area (Å²) >= 11 is 0. The van der Waals surface area contributed by atoms with Crippen LogP contribution in [-0.4, -0.2) is 44.0 Å². The number of nitrogens with zero attached hydrogens (tertiary/aromatic N) is 4. The van der Waals surface area contributed by atoms with Gasteiger partial charge >= 0.3 is 0 Å². The number of carbonyl (C=O) groups excluding carboxylic acids is 1. The minimum atomic E-state index is -0.665. The van der Waals surface area contributed by atoms with Crippen molar-refractivity contribution in [2.75, 3.05) is 13.1 Å². The van der Waals surface area contributed by atoms with E-state index in [0.717, 1.165) is 13.1 Å². The predicted octanol–water partition coefficient (Wildman–Crippen LogP) is 1.47. The van der Waals surface area contributed by atoms with E-state index in [-0.39, 0.29) is 12.5 Å². The number of aliphatic hydroxyl groups is 1. The topological polar surface area (TPSA) is 71.2 Å². The maximum absolute atomic E-state index is 12.3. The van der Waals surface area contributed by atoms with E-state index >= 15 is 0 Å². The Morgan fingerprint density at radius 1 is 1.25 bits per heavy atom. The van der Waals surface area contributed by atoms with Crippen LogP contribution in [0.5, 0.6) is 0 Å². The lowest BCUT2D eigenvalue weighted by Crippen LogP contribution is -2.39. The minimum Gasteiger partial charge on any atom is -0.387 e. The van der Waals surface area contributed by atoms with Crippen molar-refractivity contribution in [2.45, 2.75) is 47.3 Å². The number of hydrogen-bond donors (Lipinski definition) is 1. The Labute approximate surface area is 120 Å². The van der Waals surface area contributed by atoms with Gasteiger partial charge in [0.2, 0.25) is 5.91 Å². The van der Waals surface area contributed by atoms with Gasteiger partial charge in [-0.2, -0.15) is 0 Å². The molecule has 1 aromatic rings. The van der Waals surface area contributed by atoms with Crippen molar-refractivity contribution < 1.29 is 9.90 Å². The highest BCUT2D eigenvalue weighted by molar-refractivity contribution is 5.75. The molecule has 1 aromatic heterocycles. The van der Waals surface area contributed by atoms with Crippen molar-refractivity contribution in [1.82, 2.24) is 19.9 Å². The molecule has 1 unspecified atom stereocenters. The van der Waals surface area contributed by atoms with Gasteiger partial charge in [-0.3, -0.25) is 4.79 Å². The van der Waals surface area contributed by atoms with Crippen LogP contribution in [-0.2, 0) is 11.3 Å². The highest BCUT2D eigenvalue weighted by atomic mass is 16.3. The van der Waals surface area contributed by atoms with Gasteiger partial charge in [0.15, 0.2) is 0 Å². The number of amides is 1. The Kier molecular flexibility index (Phi) is 6.13. The van der Waals surface area contributed by atoms with Gasteiger partial charge in [-0.05, 0) is 18.8 Å². The summed E-state index contributed by atoms with van der Waals surface area (Å²) in [5, 5.41) is 17.1.